The van der Waals surface area contributed by atoms with E-state index in [1.54, 1.807) is 0 Å². The molecule has 0 saturated heterocycles. The van der Waals surface area contributed by atoms with Crippen molar-refractivity contribution in [2.24, 2.45) is 0 Å². The number of nitrogens with one attached hydrogen (secondary N) is 1. The first kappa shape index (κ1) is 11.9. The van der Waals surface area contributed by atoms with Crippen LogP contribution < -0.4 is 5.32 Å². The van der Waals surface area contributed by atoms with Gasteiger partial charge in [0.05, 0.1) is 5.69 Å². The summed E-state index contributed by atoms with van der Waals surface area (Å²) < 4.78 is 1.83. The van der Waals surface area contributed by atoms with Gasteiger partial charge in [0.2, 0.25) is 0 Å². The molecule has 5 nitrogen and oxygen atoms in total. The SMILES string of the molecule is CNc1cc(-n2nc(C)cc2C)nc(SC)n1. The zero-order chi connectivity index (χ0) is 12.4. The molecule has 0 fully saturated rings. The summed E-state index contributed by atoms with van der Waals surface area (Å²) in [6, 6.07) is 3.92. The standard InChI is InChI=1S/C11H15N5S/c1-7-5-8(2)16(15-7)10-6-9(12-3)13-11(14-10)17-4/h5-6H,1-4H3,(H,12,13,14). The first-order valence-corrected chi connectivity index (χ1v) is 6.51. The molecule has 0 unspecified atom stereocenters. The van der Waals surface area contributed by atoms with Crippen molar-refractivity contribution in [3.05, 3.63) is 23.5 Å². The Morgan fingerprint density at radius 3 is 2.53 bits per heavy atom. The van der Waals surface area contributed by atoms with Gasteiger partial charge in [-0.05, 0) is 26.2 Å². The molecule has 6 heteroatoms. The van der Waals surface area contributed by atoms with E-state index < -0.39 is 0 Å². The molecule has 0 aromatic carbocycles. The summed E-state index contributed by atoms with van der Waals surface area (Å²) in [5.41, 5.74) is 2.05. The highest BCUT2D eigenvalue weighted by Gasteiger charge is 2.08. The number of thioether (sulfide) groups is 1. The van der Waals surface area contributed by atoms with Crippen LogP contribution in [-0.4, -0.2) is 33.1 Å². The van der Waals surface area contributed by atoms with Crippen molar-refractivity contribution in [2.45, 2.75) is 19.0 Å². The van der Waals surface area contributed by atoms with E-state index in [1.807, 2.05) is 44.0 Å². The largest absolute Gasteiger partial charge is 0.373 e. The van der Waals surface area contributed by atoms with Crippen molar-refractivity contribution in [3.8, 4) is 5.82 Å². The fraction of sp³-hybridized carbons (Fsp3) is 0.364. The summed E-state index contributed by atoms with van der Waals surface area (Å²) in [7, 11) is 1.84. The van der Waals surface area contributed by atoms with E-state index in [0.29, 0.717) is 0 Å². The van der Waals surface area contributed by atoms with E-state index in [-0.39, 0.29) is 0 Å². The van der Waals surface area contributed by atoms with Crippen molar-refractivity contribution in [1.82, 2.24) is 19.7 Å². The van der Waals surface area contributed by atoms with Gasteiger partial charge in [-0.1, -0.05) is 11.8 Å². The summed E-state index contributed by atoms with van der Waals surface area (Å²) in [6.07, 6.45) is 1.96. The summed E-state index contributed by atoms with van der Waals surface area (Å²) in [6.45, 7) is 3.99. The fourth-order valence-corrected chi connectivity index (χ4v) is 1.98. The third kappa shape index (κ3) is 2.41. The molecule has 1 N–H and O–H groups in total. The maximum absolute atomic E-state index is 4.46. The van der Waals surface area contributed by atoms with Gasteiger partial charge in [0.25, 0.3) is 0 Å². The van der Waals surface area contributed by atoms with Crippen molar-refractivity contribution in [1.29, 1.82) is 0 Å². The molecule has 2 heterocycles. The molecule has 0 saturated carbocycles. The van der Waals surface area contributed by atoms with E-state index in [4.69, 9.17) is 0 Å². The Hall–Kier alpha value is -1.56. The van der Waals surface area contributed by atoms with E-state index in [2.05, 4.69) is 20.4 Å². The van der Waals surface area contributed by atoms with Gasteiger partial charge in [0, 0.05) is 18.8 Å². The Morgan fingerprint density at radius 2 is 2.00 bits per heavy atom. The van der Waals surface area contributed by atoms with Crippen molar-refractivity contribution < 1.29 is 0 Å². The molecule has 0 aliphatic heterocycles. The topological polar surface area (TPSA) is 55.6 Å². The lowest BCUT2D eigenvalue weighted by Crippen LogP contribution is -2.05. The van der Waals surface area contributed by atoms with Gasteiger partial charge in [0.15, 0.2) is 11.0 Å². The molecule has 2 aromatic rings. The van der Waals surface area contributed by atoms with Crippen LogP contribution in [0.25, 0.3) is 5.82 Å². The average Bonchev–Trinajstić information content (AvgIpc) is 2.67. The highest BCUT2D eigenvalue weighted by Crippen LogP contribution is 2.17. The minimum Gasteiger partial charge on any atom is -0.373 e. The molecule has 90 valence electrons. The number of hydrogen-bond donors (Lipinski definition) is 1. The molecular weight excluding hydrogens is 234 g/mol. The van der Waals surface area contributed by atoms with Crippen molar-refractivity contribution >= 4 is 17.6 Å². The quantitative estimate of drug-likeness (QED) is 0.666. The molecule has 0 amide bonds. The summed E-state index contributed by atoms with van der Waals surface area (Å²) >= 11 is 1.52. The van der Waals surface area contributed by atoms with Crippen LogP contribution in [0.3, 0.4) is 0 Å². The van der Waals surface area contributed by atoms with Crippen LogP contribution >= 0.6 is 11.8 Å². The van der Waals surface area contributed by atoms with Gasteiger partial charge in [-0.2, -0.15) is 5.10 Å². The number of hydrogen-bond acceptors (Lipinski definition) is 5. The molecular formula is C11H15N5S. The second kappa shape index (κ2) is 4.75. The lowest BCUT2D eigenvalue weighted by Gasteiger charge is -2.07. The minimum atomic E-state index is 0.736. The van der Waals surface area contributed by atoms with Gasteiger partial charge in [0.1, 0.15) is 5.82 Å². The first-order chi connectivity index (χ1) is 8.13. The smallest absolute Gasteiger partial charge is 0.191 e. The maximum atomic E-state index is 4.46. The third-order valence-electron chi connectivity index (χ3n) is 2.36. The van der Waals surface area contributed by atoms with Gasteiger partial charge >= 0.3 is 0 Å². The molecule has 17 heavy (non-hydrogen) atoms. The van der Waals surface area contributed by atoms with Crippen molar-refractivity contribution in [3.63, 3.8) is 0 Å². The second-order valence-corrected chi connectivity index (χ2v) is 4.46. The Labute approximate surface area is 105 Å². The molecule has 0 atom stereocenters. The lowest BCUT2D eigenvalue weighted by molar-refractivity contribution is 0.778. The number of rotatable bonds is 3. The average molecular weight is 249 g/mol. The summed E-state index contributed by atoms with van der Waals surface area (Å²) in [5, 5.41) is 8.19. The number of anilines is 1. The predicted molar refractivity (Wildman–Crippen MR) is 70.0 cm³/mol. The van der Waals surface area contributed by atoms with E-state index in [1.165, 1.54) is 11.8 Å². The summed E-state index contributed by atoms with van der Waals surface area (Å²) in [4.78, 5) is 8.79. The van der Waals surface area contributed by atoms with Gasteiger partial charge in [-0.25, -0.2) is 14.6 Å². The monoisotopic (exact) mass is 249 g/mol. The van der Waals surface area contributed by atoms with Gasteiger partial charge in [-0.15, -0.1) is 0 Å². The van der Waals surface area contributed by atoms with Crippen LogP contribution in [0.2, 0.25) is 0 Å². The number of nitrogens with zero attached hydrogens (tertiary/aromatic N) is 4. The second-order valence-electron chi connectivity index (χ2n) is 3.69. The minimum absolute atomic E-state index is 0.736. The third-order valence-corrected chi connectivity index (χ3v) is 2.91. The normalized spacial score (nSPS) is 10.6. The van der Waals surface area contributed by atoms with Crippen LogP contribution in [-0.2, 0) is 0 Å². The van der Waals surface area contributed by atoms with Gasteiger partial charge in [-0.3, -0.25) is 0 Å². The number of aryl methyl sites for hydroxylation is 2. The number of aromatic nitrogens is 4. The molecule has 0 radical (unpaired) electrons. The molecule has 0 spiro atoms. The molecule has 0 bridgehead atoms. The first-order valence-electron chi connectivity index (χ1n) is 5.28. The van der Waals surface area contributed by atoms with Crippen LogP contribution in [0.1, 0.15) is 11.4 Å². The van der Waals surface area contributed by atoms with Crippen LogP contribution in [0.5, 0.6) is 0 Å². The molecule has 0 aliphatic rings. The van der Waals surface area contributed by atoms with Crippen LogP contribution in [0, 0.1) is 13.8 Å². The zero-order valence-electron chi connectivity index (χ0n) is 10.4. The Morgan fingerprint density at radius 1 is 1.24 bits per heavy atom. The predicted octanol–water partition coefficient (Wildman–Crippen LogP) is 2.04. The molecule has 2 aromatic heterocycles. The highest BCUT2D eigenvalue weighted by molar-refractivity contribution is 7.98. The molecule has 2 rings (SSSR count). The lowest BCUT2D eigenvalue weighted by atomic mass is 10.4. The van der Waals surface area contributed by atoms with E-state index >= 15 is 0 Å². The van der Waals surface area contributed by atoms with E-state index in [0.717, 1.165) is 28.2 Å². The summed E-state index contributed by atoms with van der Waals surface area (Å²) in [5.74, 6) is 1.59. The maximum Gasteiger partial charge on any atom is 0.191 e. The van der Waals surface area contributed by atoms with Crippen LogP contribution in [0.15, 0.2) is 17.3 Å². The zero-order valence-corrected chi connectivity index (χ0v) is 11.2. The highest BCUT2D eigenvalue weighted by atomic mass is 32.2. The van der Waals surface area contributed by atoms with Crippen molar-refractivity contribution in [2.75, 3.05) is 18.6 Å². The Bertz CT molecular complexity index is 512. The van der Waals surface area contributed by atoms with Crippen LogP contribution in [0.4, 0.5) is 5.82 Å². The molecule has 0 aliphatic carbocycles. The Balaban J connectivity index is 2.54. The van der Waals surface area contributed by atoms with Gasteiger partial charge < -0.3 is 5.32 Å². The van der Waals surface area contributed by atoms with E-state index in [9.17, 15) is 0 Å². The Kier molecular flexibility index (Phi) is 3.33. The fourth-order valence-electron chi connectivity index (χ4n) is 1.60.